The Hall–Kier alpha value is -4.06. The molecule has 12 heteroatoms. The zero-order chi connectivity index (χ0) is 34.1. The lowest BCUT2D eigenvalue weighted by atomic mass is 9.99. The summed E-state index contributed by atoms with van der Waals surface area (Å²) in [5.74, 6) is 0.872. The maximum atomic E-state index is 13.5. The predicted octanol–water partition coefficient (Wildman–Crippen LogP) is 7.65. The molecule has 2 N–H and O–H groups in total. The number of amides is 1. The molecule has 0 fully saturated rings. The summed E-state index contributed by atoms with van der Waals surface area (Å²) in [5, 5.41) is 22.5. The summed E-state index contributed by atoms with van der Waals surface area (Å²) >= 11 is 7.88. The Morgan fingerprint density at radius 3 is 2.34 bits per heavy atom. The zero-order valence-electron chi connectivity index (χ0n) is 27.7. The molecular formula is C35H40ClN5O5S. The van der Waals surface area contributed by atoms with Gasteiger partial charge in [-0.1, -0.05) is 23.7 Å². The number of ether oxygens (including phenoxy) is 2. The van der Waals surface area contributed by atoms with Crippen molar-refractivity contribution in [2.45, 2.75) is 85.0 Å². The van der Waals surface area contributed by atoms with Crippen LogP contribution in [0.3, 0.4) is 0 Å². The molecule has 0 saturated heterocycles. The van der Waals surface area contributed by atoms with E-state index in [9.17, 15) is 9.59 Å². The molecule has 3 heterocycles. The molecule has 4 aromatic rings. The van der Waals surface area contributed by atoms with Crippen molar-refractivity contribution in [1.29, 1.82) is 0 Å². The number of rotatable bonds is 12. The summed E-state index contributed by atoms with van der Waals surface area (Å²) in [4.78, 5) is 30.9. The van der Waals surface area contributed by atoms with Crippen molar-refractivity contribution in [2.75, 3.05) is 11.9 Å². The molecule has 2 aromatic heterocycles. The molecule has 1 aliphatic heterocycles. The van der Waals surface area contributed by atoms with Gasteiger partial charge in [0.05, 0.1) is 30.8 Å². The van der Waals surface area contributed by atoms with E-state index < -0.39 is 23.2 Å². The van der Waals surface area contributed by atoms with Crippen molar-refractivity contribution < 1.29 is 24.2 Å². The number of anilines is 1. The largest absolute Gasteiger partial charge is 0.488 e. The van der Waals surface area contributed by atoms with E-state index in [0.29, 0.717) is 35.3 Å². The maximum absolute atomic E-state index is 13.5. The van der Waals surface area contributed by atoms with Crippen LogP contribution in [-0.2, 0) is 14.3 Å². The second-order valence-corrected chi connectivity index (χ2v) is 14.6. The molecule has 1 aliphatic rings. The van der Waals surface area contributed by atoms with Gasteiger partial charge in [0.15, 0.2) is 5.82 Å². The molecule has 2 aromatic carbocycles. The first kappa shape index (κ1) is 34.3. The third-order valence-electron chi connectivity index (χ3n) is 8.04. The molecule has 0 unspecified atom stereocenters. The third kappa shape index (κ3) is 8.09. The van der Waals surface area contributed by atoms with E-state index >= 15 is 0 Å². The van der Waals surface area contributed by atoms with E-state index in [-0.39, 0.29) is 18.7 Å². The SMILES string of the molecule is Cc1sc2c(c1C)C(c1ccc(Cl)cc1)=N[C@@H](CC(=O)Nc1ccc(OC(C)(C)CCOC(C)(C)CC(=O)O)cc1)c1nnc(C)n1-2. The number of aryl methyl sites for hydroxylation is 2. The Kier molecular flexibility index (Phi) is 9.91. The highest BCUT2D eigenvalue weighted by atomic mass is 35.5. The summed E-state index contributed by atoms with van der Waals surface area (Å²) in [6, 6.07) is 14.2. The molecule has 5 rings (SSSR count). The number of halogens is 1. The quantitative estimate of drug-likeness (QED) is 0.158. The molecule has 0 aliphatic carbocycles. The highest BCUT2D eigenvalue weighted by Crippen LogP contribution is 2.39. The number of carbonyl (C=O) groups excluding carboxylic acids is 1. The second kappa shape index (κ2) is 13.6. The molecule has 1 amide bonds. The molecular weight excluding hydrogens is 638 g/mol. The zero-order valence-corrected chi connectivity index (χ0v) is 29.3. The van der Waals surface area contributed by atoms with Gasteiger partial charge in [0.2, 0.25) is 5.91 Å². The number of fused-ring (bicyclic) bond motifs is 3. The van der Waals surface area contributed by atoms with Gasteiger partial charge in [-0.2, -0.15) is 0 Å². The van der Waals surface area contributed by atoms with E-state index in [4.69, 9.17) is 31.2 Å². The van der Waals surface area contributed by atoms with Gasteiger partial charge in [0.25, 0.3) is 0 Å². The van der Waals surface area contributed by atoms with Gasteiger partial charge in [0.1, 0.15) is 28.2 Å². The summed E-state index contributed by atoms with van der Waals surface area (Å²) in [5.41, 5.74) is 3.14. The van der Waals surface area contributed by atoms with Crippen molar-refractivity contribution in [3.05, 3.63) is 86.8 Å². The van der Waals surface area contributed by atoms with Gasteiger partial charge in [-0.05, 0) is 90.4 Å². The first-order chi connectivity index (χ1) is 22.1. The van der Waals surface area contributed by atoms with E-state index in [1.165, 1.54) is 4.88 Å². The van der Waals surface area contributed by atoms with Gasteiger partial charge in [0, 0.05) is 33.1 Å². The predicted molar refractivity (Wildman–Crippen MR) is 185 cm³/mol. The van der Waals surface area contributed by atoms with Crippen LogP contribution in [0.5, 0.6) is 5.75 Å². The second-order valence-electron chi connectivity index (χ2n) is 13.0. The molecule has 10 nitrogen and oxygen atoms in total. The number of nitrogens with zero attached hydrogens (tertiary/aromatic N) is 4. The van der Waals surface area contributed by atoms with Crippen LogP contribution in [0, 0.1) is 20.8 Å². The minimum atomic E-state index is -0.900. The van der Waals surface area contributed by atoms with Crippen LogP contribution in [0.4, 0.5) is 5.69 Å². The van der Waals surface area contributed by atoms with Crippen LogP contribution >= 0.6 is 22.9 Å². The van der Waals surface area contributed by atoms with Crippen molar-refractivity contribution in [1.82, 2.24) is 14.8 Å². The Bertz CT molecular complexity index is 1810. The summed E-state index contributed by atoms with van der Waals surface area (Å²) in [7, 11) is 0. The highest BCUT2D eigenvalue weighted by molar-refractivity contribution is 7.15. The minimum absolute atomic E-state index is 0.0612. The molecule has 0 bridgehead atoms. The number of aromatic nitrogens is 3. The number of nitrogens with one attached hydrogen (secondary N) is 1. The van der Waals surface area contributed by atoms with Crippen LogP contribution in [0.15, 0.2) is 53.5 Å². The van der Waals surface area contributed by atoms with Crippen LogP contribution in [0.1, 0.15) is 86.2 Å². The van der Waals surface area contributed by atoms with Gasteiger partial charge < -0.3 is 19.9 Å². The number of aliphatic imine (C=N–C) groups is 1. The number of benzene rings is 2. The summed E-state index contributed by atoms with van der Waals surface area (Å²) in [6.45, 7) is 13.9. The summed E-state index contributed by atoms with van der Waals surface area (Å²) in [6.07, 6.45) is 0.544. The lowest BCUT2D eigenvalue weighted by molar-refractivity contribution is -0.144. The normalized spacial score (nSPS) is 14.6. The van der Waals surface area contributed by atoms with E-state index in [0.717, 1.165) is 33.2 Å². The highest BCUT2D eigenvalue weighted by Gasteiger charge is 2.32. The fourth-order valence-electron chi connectivity index (χ4n) is 5.48. The van der Waals surface area contributed by atoms with Crippen molar-refractivity contribution in [2.24, 2.45) is 4.99 Å². The molecule has 0 radical (unpaired) electrons. The van der Waals surface area contributed by atoms with Crippen molar-refractivity contribution >= 4 is 46.2 Å². The van der Waals surface area contributed by atoms with Crippen molar-refractivity contribution in [3.63, 3.8) is 0 Å². The number of carboxylic acids is 1. The lowest BCUT2D eigenvalue weighted by Crippen LogP contribution is -2.34. The van der Waals surface area contributed by atoms with E-state index in [2.05, 4.69) is 29.4 Å². The monoisotopic (exact) mass is 677 g/mol. The number of aliphatic carboxylic acids is 1. The number of hydrogen-bond acceptors (Lipinski definition) is 8. The molecule has 47 heavy (non-hydrogen) atoms. The Morgan fingerprint density at radius 2 is 1.68 bits per heavy atom. The third-order valence-corrected chi connectivity index (χ3v) is 9.49. The van der Waals surface area contributed by atoms with E-state index in [1.54, 1.807) is 49.4 Å². The van der Waals surface area contributed by atoms with Gasteiger partial charge in [-0.3, -0.25) is 19.1 Å². The van der Waals surface area contributed by atoms with Crippen LogP contribution in [0.25, 0.3) is 5.00 Å². The molecule has 1 atom stereocenters. The Morgan fingerprint density at radius 1 is 1.00 bits per heavy atom. The standard InChI is InChI=1S/C35H40ClN5O5S/c1-20-21(2)47-33-30(20)31(23-8-10-24(36)11-9-23)38-27(32-40-39-22(3)41(32)33)18-28(42)37-25-12-14-26(15-13-25)46-34(4,5)16-17-45-35(6,7)19-29(43)44/h8-15,27H,16-19H2,1-7H3,(H,37,42)(H,43,44)/t27-/m0/s1. The number of thiophene rings is 1. The van der Waals surface area contributed by atoms with E-state index in [1.807, 2.05) is 49.6 Å². The Labute approximate surface area is 283 Å². The first-order valence-corrected chi connectivity index (χ1v) is 16.6. The van der Waals surface area contributed by atoms with Gasteiger partial charge in [-0.25, -0.2) is 0 Å². The van der Waals surface area contributed by atoms with Crippen LogP contribution in [-0.4, -0.2) is 55.3 Å². The topological polar surface area (TPSA) is 128 Å². The fraction of sp³-hybridized carbons (Fsp3) is 0.400. The Balaban J connectivity index is 1.30. The maximum Gasteiger partial charge on any atom is 0.306 e. The molecule has 248 valence electrons. The minimum Gasteiger partial charge on any atom is -0.488 e. The summed E-state index contributed by atoms with van der Waals surface area (Å²) < 4.78 is 14.0. The van der Waals surface area contributed by atoms with Crippen LogP contribution in [0.2, 0.25) is 5.02 Å². The van der Waals surface area contributed by atoms with Gasteiger partial charge in [-0.15, -0.1) is 21.5 Å². The number of carbonyl (C=O) groups is 2. The average Bonchev–Trinajstić information content (AvgIpc) is 3.45. The average molecular weight is 678 g/mol. The smallest absolute Gasteiger partial charge is 0.306 e. The first-order valence-electron chi connectivity index (χ1n) is 15.4. The van der Waals surface area contributed by atoms with Crippen molar-refractivity contribution in [3.8, 4) is 10.8 Å². The lowest BCUT2D eigenvalue weighted by Gasteiger charge is -2.29. The molecule has 0 spiro atoms. The van der Waals surface area contributed by atoms with Gasteiger partial charge >= 0.3 is 5.97 Å². The van der Waals surface area contributed by atoms with Crippen LogP contribution < -0.4 is 10.1 Å². The number of carboxylic acid groups (broad SMARTS) is 1. The fourth-order valence-corrected chi connectivity index (χ4v) is 6.82. The number of hydrogen-bond donors (Lipinski definition) is 2. The molecule has 0 saturated carbocycles.